The Morgan fingerprint density at radius 2 is 2.06 bits per heavy atom. The van der Waals surface area contributed by atoms with Crippen LogP contribution in [0.3, 0.4) is 0 Å². The van der Waals surface area contributed by atoms with Crippen LogP contribution in [0.25, 0.3) is 0 Å². The molecule has 2 nitrogen and oxygen atoms in total. The fourth-order valence-electron chi connectivity index (χ4n) is 2.15. The summed E-state index contributed by atoms with van der Waals surface area (Å²) in [7, 11) is 3.73. The molecule has 0 aliphatic rings. The highest BCUT2D eigenvalue weighted by Crippen LogP contribution is 2.30. The summed E-state index contributed by atoms with van der Waals surface area (Å²) in [6, 6.07) is 6.62. The molecule has 1 rings (SSSR count). The van der Waals surface area contributed by atoms with E-state index >= 15 is 0 Å². The van der Waals surface area contributed by atoms with Gasteiger partial charge in [-0.3, -0.25) is 0 Å². The Morgan fingerprint density at radius 1 is 1.28 bits per heavy atom. The quantitative estimate of drug-likeness (QED) is 0.703. The number of nitrogens with one attached hydrogen (secondary N) is 1. The number of benzene rings is 1. The van der Waals surface area contributed by atoms with Gasteiger partial charge in [-0.1, -0.05) is 54.6 Å². The van der Waals surface area contributed by atoms with Crippen LogP contribution in [0.2, 0.25) is 0 Å². The van der Waals surface area contributed by atoms with Crippen molar-refractivity contribution in [2.24, 2.45) is 0 Å². The van der Waals surface area contributed by atoms with Crippen LogP contribution >= 0.6 is 15.9 Å². The van der Waals surface area contributed by atoms with Crippen molar-refractivity contribution in [3.05, 3.63) is 28.2 Å². The van der Waals surface area contributed by atoms with Crippen molar-refractivity contribution in [2.75, 3.05) is 14.2 Å². The van der Waals surface area contributed by atoms with E-state index in [-0.39, 0.29) is 0 Å². The topological polar surface area (TPSA) is 21.3 Å². The SMILES string of the molecule is CCCCCCC(NC)c1ccc(OC)cc1Br. The maximum absolute atomic E-state index is 5.23. The molecule has 0 saturated carbocycles. The van der Waals surface area contributed by atoms with Crippen molar-refractivity contribution in [3.63, 3.8) is 0 Å². The maximum Gasteiger partial charge on any atom is 0.120 e. The van der Waals surface area contributed by atoms with Gasteiger partial charge in [-0.25, -0.2) is 0 Å². The predicted octanol–water partition coefficient (Wildman–Crippen LogP) is 4.69. The zero-order valence-electron chi connectivity index (χ0n) is 11.6. The first kappa shape index (κ1) is 15.5. The van der Waals surface area contributed by atoms with Crippen molar-refractivity contribution in [2.45, 2.75) is 45.1 Å². The number of unbranched alkanes of at least 4 members (excludes halogenated alkanes) is 3. The zero-order valence-corrected chi connectivity index (χ0v) is 13.2. The summed E-state index contributed by atoms with van der Waals surface area (Å²) in [5, 5.41) is 3.40. The number of methoxy groups -OCH3 is 1. The van der Waals surface area contributed by atoms with Crippen LogP contribution in [0.15, 0.2) is 22.7 Å². The molecular weight excluding hydrogens is 290 g/mol. The number of hydrogen-bond donors (Lipinski definition) is 1. The monoisotopic (exact) mass is 313 g/mol. The highest BCUT2D eigenvalue weighted by atomic mass is 79.9. The molecule has 1 unspecified atom stereocenters. The lowest BCUT2D eigenvalue weighted by molar-refractivity contribution is 0.413. The lowest BCUT2D eigenvalue weighted by Gasteiger charge is -2.18. The molecule has 0 amide bonds. The van der Waals surface area contributed by atoms with Gasteiger partial charge in [0.2, 0.25) is 0 Å². The molecule has 0 bridgehead atoms. The molecule has 0 spiro atoms. The van der Waals surface area contributed by atoms with Crippen molar-refractivity contribution >= 4 is 15.9 Å². The van der Waals surface area contributed by atoms with E-state index in [1.165, 1.54) is 37.7 Å². The van der Waals surface area contributed by atoms with E-state index < -0.39 is 0 Å². The van der Waals surface area contributed by atoms with Gasteiger partial charge in [-0.2, -0.15) is 0 Å². The van der Waals surface area contributed by atoms with Crippen LogP contribution in [0.1, 0.15) is 50.6 Å². The molecule has 3 heteroatoms. The highest BCUT2D eigenvalue weighted by Gasteiger charge is 2.12. The zero-order chi connectivity index (χ0) is 13.4. The molecule has 102 valence electrons. The molecule has 0 heterocycles. The molecule has 0 aliphatic carbocycles. The smallest absolute Gasteiger partial charge is 0.120 e. The molecule has 1 aromatic rings. The minimum Gasteiger partial charge on any atom is -0.497 e. The lowest BCUT2D eigenvalue weighted by Crippen LogP contribution is -2.16. The Balaban J connectivity index is 2.63. The number of rotatable bonds is 8. The lowest BCUT2D eigenvalue weighted by atomic mass is 10.00. The van der Waals surface area contributed by atoms with Crippen molar-refractivity contribution in [1.29, 1.82) is 0 Å². The maximum atomic E-state index is 5.23. The van der Waals surface area contributed by atoms with Gasteiger partial charge in [0, 0.05) is 10.5 Å². The molecule has 0 aliphatic heterocycles. The van der Waals surface area contributed by atoms with Crippen LogP contribution in [-0.2, 0) is 0 Å². The van der Waals surface area contributed by atoms with Crippen molar-refractivity contribution in [3.8, 4) is 5.75 Å². The van der Waals surface area contributed by atoms with Gasteiger partial charge in [0.1, 0.15) is 5.75 Å². The normalized spacial score (nSPS) is 12.4. The van der Waals surface area contributed by atoms with Gasteiger partial charge < -0.3 is 10.1 Å². The third-order valence-corrected chi connectivity index (χ3v) is 3.96. The Bertz CT molecular complexity index is 354. The highest BCUT2D eigenvalue weighted by molar-refractivity contribution is 9.10. The predicted molar refractivity (Wildman–Crippen MR) is 81.3 cm³/mol. The van der Waals surface area contributed by atoms with Gasteiger partial charge in [0.05, 0.1) is 7.11 Å². The fraction of sp³-hybridized carbons (Fsp3) is 0.600. The van der Waals surface area contributed by atoms with Crippen LogP contribution in [0, 0.1) is 0 Å². The second kappa shape index (κ2) is 8.54. The van der Waals surface area contributed by atoms with E-state index in [9.17, 15) is 0 Å². The Morgan fingerprint density at radius 3 is 2.61 bits per heavy atom. The molecule has 0 radical (unpaired) electrons. The molecular formula is C15H24BrNO. The second-order valence-electron chi connectivity index (χ2n) is 4.58. The van der Waals surface area contributed by atoms with E-state index in [1.54, 1.807) is 7.11 Å². The molecule has 1 atom stereocenters. The summed E-state index contributed by atoms with van der Waals surface area (Å²) >= 11 is 3.63. The van der Waals surface area contributed by atoms with Crippen LogP contribution in [0.4, 0.5) is 0 Å². The summed E-state index contributed by atoms with van der Waals surface area (Å²) < 4.78 is 6.35. The minimum atomic E-state index is 0.419. The molecule has 1 N–H and O–H groups in total. The largest absolute Gasteiger partial charge is 0.497 e. The Kier molecular flexibility index (Phi) is 7.36. The number of ether oxygens (including phenoxy) is 1. The third-order valence-electron chi connectivity index (χ3n) is 3.28. The van der Waals surface area contributed by atoms with E-state index in [0.29, 0.717) is 6.04 Å². The van der Waals surface area contributed by atoms with E-state index in [0.717, 1.165) is 10.2 Å². The van der Waals surface area contributed by atoms with Gasteiger partial charge in [0.25, 0.3) is 0 Å². The average Bonchev–Trinajstić information content (AvgIpc) is 2.39. The number of halogens is 1. The standard InChI is InChI=1S/C15H24BrNO/c1-4-5-6-7-8-15(17-2)13-10-9-12(18-3)11-14(13)16/h9-11,15,17H,4-8H2,1-3H3. The minimum absolute atomic E-state index is 0.419. The molecule has 18 heavy (non-hydrogen) atoms. The van der Waals surface area contributed by atoms with Crippen molar-refractivity contribution < 1.29 is 4.74 Å². The van der Waals surface area contributed by atoms with Crippen LogP contribution < -0.4 is 10.1 Å². The molecule has 0 aromatic heterocycles. The van der Waals surface area contributed by atoms with E-state index in [4.69, 9.17) is 4.74 Å². The first-order chi connectivity index (χ1) is 8.72. The summed E-state index contributed by atoms with van der Waals surface area (Å²) in [5.41, 5.74) is 1.31. The fourth-order valence-corrected chi connectivity index (χ4v) is 2.78. The average molecular weight is 314 g/mol. The van der Waals surface area contributed by atoms with Crippen LogP contribution in [0.5, 0.6) is 5.75 Å². The first-order valence-corrected chi connectivity index (χ1v) is 7.53. The van der Waals surface area contributed by atoms with Crippen LogP contribution in [-0.4, -0.2) is 14.2 Å². The van der Waals surface area contributed by atoms with Gasteiger partial charge in [-0.05, 0) is 31.2 Å². The van der Waals surface area contributed by atoms with E-state index in [2.05, 4.69) is 34.2 Å². The summed E-state index contributed by atoms with van der Waals surface area (Å²) in [5.74, 6) is 0.895. The summed E-state index contributed by atoms with van der Waals surface area (Å²) in [6.45, 7) is 2.25. The van der Waals surface area contributed by atoms with Crippen molar-refractivity contribution in [1.82, 2.24) is 5.32 Å². The number of hydrogen-bond acceptors (Lipinski definition) is 2. The van der Waals surface area contributed by atoms with Gasteiger partial charge >= 0.3 is 0 Å². The Hall–Kier alpha value is -0.540. The van der Waals surface area contributed by atoms with Gasteiger partial charge in [0.15, 0.2) is 0 Å². The van der Waals surface area contributed by atoms with E-state index in [1.807, 2.05) is 19.2 Å². The summed E-state index contributed by atoms with van der Waals surface area (Å²) in [4.78, 5) is 0. The molecule has 0 saturated heterocycles. The second-order valence-corrected chi connectivity index (χ2v) is 5.43. The summed E-state index contributed by atoms with van der Waals surface area (Å²) in [6.07, 6.45) is 6.40. The van der Waals surface area contributed by atoms with Gasteiger partial charge in [-0.15, -0.1) is 0 Å². The molecule has 0 fully saturated rings. The first-order valence-electron chi connectivity index (χ1n) is 6.73. The third kappa shape index (κ3) is 4.62. The Labute approximate surface area is 119 Å². The molecule has 1 aromatic carbocycles.